The topological polar surface area (TPSA) is 53.9 Å². The van der Waals surface area contributed by atoms with Gasteiger partial charge in [0.05, 0.1) is 5.56 Å². The van der Waals surface area contributed by atoms with Crippen molar-refractivity contribution in [3.05, 3.63) is 46.0 Å². The number of aromatic nitrogens is 3. The van der Waals surface area contributed by atoms with Crippen molar-refractivity contribution in [2.45, 2.75) is 32.2 Å². The van der Waals surface area contributed by atoms with Crippen molar-refractivity contribution in [2.24, 2.45) is 0 Å². The standard InChI is InChI=1S/C16H18F2N4OS/c1-2-22-14(19-20-16(22)24)10-5-7-21(8-6-10)15(23)12-9-11(17)3-4-13(12)18/h3-4,9-10H,2,5-8H2,1H3,(H,20,24). The molecule has 0 aliphatic carbocycles. The van der Waals surface area contributed by atoms with Gasteiger partial charge in [-0.3, -0.25) is 9.89 Å². The summed E-state index contributed by atoms with van der Waals surface area (Å²) in [6.45, 7) is 3.68. The maximum absolute atomic E-state index is 13.8. The highest BCUT2D eigenvalue weighted by molar-refractivity contribution is 7.71. The molecule has 1 aromatic carbocycles. The van der Waals surface area contributed by atoms with Crippen molar-refractivity contribution < 1.29 is 13.6 Å². The van der Waals surface area contributed by atoms with Crippen LogP contribution < -0.4 is 0 Å². The molecule has 0 saturated carbocycles. The monoisotopic (exact) mass is 352 g/mol. The molecular formula is C16H18F2N4OS. The lowest BCUT2D eigenvalue weighted by Gasteiger charge is -2.31. The largest absolute Gasteiger partial charge is 0.339 e. The molecule has 0 atom stereocenters. The van der Waals surface area contributed by atoms with Gasteiger partial charge >= 0.3 is 0 Å². The second kappa shape index (κ2) is 6.80. The molecule has 1 aliphatic rings. The second-order valence-electron chi connectivity index (χ2n) is 5.82. The van der Waals surface area contributed by atoms with Crippen LogP contribution in [0, 0.1) is 16.4 Å². The quantitative estimate of drug-likeness (QED) is 0.863. The molecule has 0 spiro atoms. The van der Waals surface area contributed by atoms with Gasteiger partial charge in [-0.15, -0.1) is 0 Å². The molecule has 1 aromatic heterocycles. The first-order chi connectivity index (χ1) is 11.5. The molecule has 1 aliphatic heterocycles. The summed E-state index contributed by atoms with van der Waals surface area (Å²) in [6.07, 6.45) is 1.42. The molecule has 128 valence electrons. The van der Waals surface area contributed by atoms with E-state index in [0.717, 1.165) is 30.6 Å². The number of H-pyrrole nitrogens is 1. The lowest BCUT2D eigenvalue weighted by atomic mass is 9.95. The smallest absolute Gasteiger partial charge is 0.256 e. The lowest BCUT2D eigenvalue weighted by Crippen LogP contribution is -2.38. The summed E-state index contributed by atoms with van der Waals surface area (Å²) in [4.78, 5) is 14.0. The molecular weight excluding hydrogens is 334 g/mol. The van der Waals surface area contributed by atoms with E-state index in [2.05, 4.69) is 10.2 Å². The van der Waals surface area contributed by atoms with Gasteiger partial charge in [-0.25, -0.2) is 8.78 Å². The Balaban J connectivity index is 1.72. The number of hydrogen-bond donors (Lipinski definition) is 1. The predicted molar refractivity (Wildman–Crippen MR) is 87.3 cm³/mol. The number of hydrogen-bond acceptors (Lipinski definition) is 3. The van der Waals surface area contributed by atoms with E-state index in [1.54, 1.807) is 4.90 Å². The van der Waals surface area contributed by atoms with E-state index in [1.807, 2.05) is 11.5 Å². The molecule has 1 fully saturated rings. The first-order valence-corrected chi connectivity index (χ1v) is 8.31. The van der Waals surface area contributed by atoms with E-state index in [4.69, 9.17) is 12.2 Å². The molecule has 2 aromatic rings. The SMILES string of the molecule is CCn1c(C2CCN(C(=O)c3cc(F)ccc3F)CC2)n[nH]c1=S. The summed E-state index contributed by atoms with van der Waals surface area (Å²) in [5.41, 5.74) is -0.218. The van der Waals surface area contributed by atoms with E-state index < -0.39 is 17.5 Å². The van der Waals surface area contributed by atoms with Gasteiger partial charge in [0.15, 0.2) is 4.77 Å². The molecule has 3 rings (SSSR count). The number of halogens is 2. The fourth-order valence-corrected chi connectivity index (χ4v) is 3.39. The highest BCUT2D eigenvalue weighted by Crippen LogP contribution is 2.28. The van der Waals surface area contributed by atoms with Crippen LogP contribution in [0.25, 0.3) is 0 Å². The summed E-state index contributed by atoms with van der Waals surface area (Å²) in [7, 11) is 0. The van der Waals surface area contributed by atoms with E-state index in [1.165, 1.54) is 0 Å². The zero-order chi connectivity index (χ0) is 17.3. The van der Waals surface area contributed by atoms with Crippen LogP contribution in [0.2, 0.25) is 0 Å². The van der Waals surface area contributed by atoms with Crippen molar-refractivity contribution in [1.82, 2.24) is 19.7 Å². The Kier molecular flexibility index (Phi) is 4.75. The lowest BCUT2D eigenvalue weighted by molar-refractivity contribution is 0.0705. The first-order valence-electron chi connectivity index (χ1n) is 7.90. The van der Waals surface area contributed by atoms with Crippen LogP contribution in [0.15, 0.2) is 18.2 Å². The Morgan fingerprint density at radius 2 is 2.08 bits per heavy atom. The average molecular weight is 352 g/mol. The van der Waals surface area contributed by atoms with Gasteiger partial charge in [0.2, 0.25) is 0 Å². The van der Waals surface area contributed by atoms with Crippen molar-refractivity contribution in [1.29, 1.82) is 0 Å². The number of carbonyl (C=O) groups is 1. The Hall–Kier alpha value is -2.09. The highest BCUT2D eigenvalue weighted by Gasteiger charge is 2.28. The van der Waals surface area contributed by atoms with Crippen molar-refractivity contribution >= 4 is 18.1 Å². The number of rotatable bonds is 3. The van der Waals surface area contributed by atoms with Crippen molar-refractivity contribution in [3.8, 4) is 0 Å². The average Bonchev–Trinajstić information content (AvgIpc) is 2.97. The van der Waals surface area contributed by atoms with Gasteiger partial charge in [0.25, 0.3) is 5.91 Å². The third kappa shape index (κ3) is 3.10. The number of nitrogens with zero attached hydrogens (tertiary/aromatic N) is 3. The van der Waals surface area contributed by atoms with Gasteiger partial charge in [-0.05, 0) is 50.2 Å². The van der Waals surface area contributed by atoms with Crippen LogP contribution >= 0.6 is 12.2 Å². The number of piperidine rings is 1. The van der Waals surface area contributed by atoms with Crippen molar-refractivity contribution in [2.75, 3.05) is 13.1 Å². The molecule has 0 radical (unpaired) electrons. The van der Waals surface area contributed by atoms with Gasteiger partial charge in [0, 0.05) is 25.6 Å². The van der Waals surface area contributed by atoms with Gasteiger partial charge in [-0.2, -0.15) is 5.10 Å². The number of amides is 1. The zero-order valence-electron chi connectivity index (χ0n) is 13.3. The Morgan fingerprint density at radius 3 is 2.75 bits per heavy atom. The number of likely N-dealkylation sites (tertiary alicyclic amines) is 1. The predicted octanol–water partition coefficient (Wildman–Crippen LogP) is 3.26. The molecule has 1 N–H and O–H groups in total. The van der Waals surface area contributed by atoms with Crippen molar-refractivity contribution in [3.63, 3.8) is 0 Å². The number of nitrogens with one attached hydrogen (secondary N) is 1. The zero-order valence-corrected chi connectivity index (χ0v) is 14.1. The van der Waals surface area contributed by atoms with Crippen LogP contribution in [-0.4, -0.2) is 38.7 Å². The minimum atomic E-state index is -0.699. The Labute approximate surface area is 143 Å². The van der Waals surface area contributed by atoms with E-state index in [0.29, 0.717) is 30.7 Å². The minimum Gasteiger partial charge on any atom is -0.339 e. The fraction of sp³-hybridized carbons (Fsp3) is 0.438. The summed E-state index contributed by atoms with van der Waals surface area (Å²) < 4.78 is 29.6. The van der Waals surface area contributed by atoms with E-state index >= 15 is 0 Å². The van der Waals surface area contributed by atoms with Crippen LogP contribution in [0.4, 0.5) is 8.78 Å². The molecule has 0 bridgehead atoms. The normalized spacial score (nSPS) is 15.7. The van der Waals surface area contributed by atoms with E-state index in [9.17, 15) is 13.6 Å². The van der Waals surface area contributed by atoms with Gasteiger partial charge in [0.1, 0.15) is 17.5 Å². The molecule has 1 amide bonds. The number of benzene rings is 1. The summed E-state index contributed by atoms with van der Waals surface area (Å²) >= 11 is 5.20. The van der Waals surface area contributed by atoms with Gasteiger partial charge < -0.3 is 9.47 Å². The maximum atomic E-state index is 13.8. The summed E-state index contributed by atoms with van der Waals surface area (Å²) in [5.74, 6) is -0.700. The fourth-order valence-electron chi connectivity index (χ4n) is 3.12. The molecule has 8 heteroatoms. The molecule has 2 heterocycles. The Bertz CT molecular complexity index is 809. The highest BCUT2D eigenvalue weighted by atomic mass is 32.1. The summed E-state index contributed by atoms with van der Waals surface area (Å²) in [5, 5.41) is 7.10. The van der Waals surface area contributed by atoms with Crippen LogP contribution in [0.1, 0.15) is 41.9 Å². The van der Waals surface area contributed by atoms with Crippen LogP contribution in [0.5, 0.6) is 0 Å². The van der Waals surface area contributed by atoms with E-state index in [-0.39, 0.29) is 11.5 Å². The molecule has 24 heavy (non-hydrogen) atoms. The Morgan fingerprint density at radius 1 is 1.38 bits per heavy atom. The maximum Gasteiger partial charge on any atom is 0.256 e. The second-order valence-corrected chi connectivity index (χ2v) is 6.21. The van der Waals surface area contributed by atoms with Crippen LogP contribution in [-0.2, 0) is 6.54 Å². The summed E-state index contributed by atoms with van der Waals surface area (Å²) in [6, 6.07) is 2.94. The van der Waals surface area contributed by atoms with Crippen LogP contribution in [0.3, 0.4) is 0 Å². The number of aromatic amines is 1. The number of carbonyl (C=O) groups excluding carboxylic acids is 1. The first kappa shape index (κ1) is 16.8. The minimum absolute atomic E-state index is 0.194. The van der Waals surface area contributed by atoms with Gasteiger partial charge in [-0.1, -0.05) is 0 Å². The molecule has 0 unspecified atom stereocenters. The third-order valence-corrected chi connectivity index (χ3v) is 4.72. The molecule has 1 saturated heterocycles. The third-order valence-electron chi connectivity index (χ3n) is 4.41. The molecule has 5 nitrogen and oxygen atoms in total.